The molecular formula is C29H26N4O4S. The third kappa shape index (κ3) is 6.55. The van der Waals surface area contributed by atoms with Gasteiger partial charge < -0.3 is 14.2 Å². The van der Waals surface area contributed by atoms with Crippen LogP contribution in [0.15, 0.2) is 72.3 Å². The van der Waals surface area contributed by atoms with Gasteiger partial charge in [-0.1, -0.05) is 59.9 Å². The maximum absolute atomic E-state index is 12.8. The summed E-state index contributed by atoms with van der Waals surface area (Å²) in [5.41, 5.74) is 3.57. The monoisotopic (exact) mass is 526 g/mol. The summed E-state index contributed by atoms with van der Waals surface area (Å²) in [5, 5.41) is 21.5. The highest BCUT2D eigenvalue weighted by atomic mass is 32.1. The first-order valence-corrected chi connectivity index (χ1v) is 12.6. The van der Waals surface area contributed by atoms with E-state index < -0.39 is 5.91 Å². The highest BCUT2D eigenvalue weighted by molar-refractivity contribution is 7.18. The van der Waals surface area contributed by atoms with Crippen LogP contribution >= 0.6 is 11.3 Å². The number of nitrogens with zero attached hydrogens (tertiary/aromatic N) is 3. The SMILES string of the molecule is COc1cc(C=C(C#N)C(=O)Nc2nnc(-c3ccccc3C)s2)ccc1OCCOc1ccccc1C. The normalized spacial score (nSPS) is 10.9. The molecule has 0 spiro atoms. The van der Waals surface area contributed by atoms with Crippen molar-refractivity contribution in [2.75, 3.05) is 25.6 Å². The molecule has 38 heavy (non-hydrogen) atoms. The third-order valence-corrected chi connectivity index (χ3v) is 6.45. The van der Waals surface area contributed by atoms with Crippen LogP contribution in [-0.2, 0) is 4.79 Å². The summed E-state index contributed by atoms with van der Waals surface area (Å²) in [7, 11) is 1.53. The minimum atomic E-state index is -0.576. The van der Waals surface area contributed by atoms with Crippen molar-refractivity contribution in [3.63, 3.8) is 0 Å². The number of benzene rings is 3. The van der Waals surface area contributed by atoms with E-state index in [9.17, 15) is 10.1 Å². The number of carbonyl (C=O) groups excluding carboxylic acids is 1. The summed E-state index contributed by atoms with van der Waals surface area (Å²) in [4.78, 5) is 12.8. The van der Waals surface area contributed by atoms with Crippen LogP contribution in [0.25, 0.3) is 16.6 Å². The predicted octanol–water partition coefficient (Wildman–Crippen LogP) is 5.83. The van der Waals surface area contributed by atoms with E-state index in [0.29, 0.717) is 40.4 Å². The average Bonchev–Trinajstić information content (AvgIpc) is 3.39. The molecule has 9 heteroatoms. The second-order valence-corrected chi connectivity index (χ2v) is 9.20. The summed E-state index contributed by atoms with van der Waals surface area (Å²) in [6, 6.07) is 22.7. The molecule has 1 heterocycles. The second kappa shape index (κ2) is 12.5. The highest BCUT2D eigenvalue weighted by Gasteiger charge is 2.15. The number of ether oxygens (including phenoxy) is 3. The van der Waals surface area contributed by atoms with Gasteiger partial charge in [-0.3, -0.25) is 10.1 Å². The van der Waals surface area contributed by atoms with Crippen LogP contribution < -0.4 is 19.5 Å². The zero-order valence-corrected chi connectivity index (χ0v) is 22.0. The van der Waals surface area contributed by atoms with Crippen molar-refractivity contribution in [1.29, 1.82) is 5.26 Å². The van der Waals surface area contributed by atoms with Gasteiger partial charge in [-0.15, -0.1) is 10.2 Å². The second-order valence-electron chi connectivity index (χ2n) is 8.22. The lowest BCUT2D eigenvalue weighted by atomic mass is 10.1. The van der Waals surface area contributed by atoms with Crippen LogP contribution in [0.1, 0.15) is 16.7 Å². The van der Waals surface area contributed by atoms with Gasteiger partial charge >= 0.3 is 0 Å². The van der Waals surface area contributed by atoms with Crippen molar-refractivity contribution in [1.82, 2.24) is 10.2 Å². The summed E-state index contributed by atoms with van der Waals surface area (Å²) in [6.07, 6.45) is 1.48. The topological polar surface area (TPSA) is 106 Å². The molecule has 0 radical (unpaired) electrons. The fourth-order valence-electron chi connectivity index (χ4n) is 3.59. The third-order valence-electron chi connectivity index (χ3n) is 5.58. The van der Waals surface area contributed by atoms with Crippen molar-refractivity contribution >= 4 is 28.5 Å². The van der Waals surface area contributed by atoms with E-state index in [2.05, 4.69) is 15.5 Å². The number of nitrogens with one attached hydrogen (secondary N) is 1. The number of hydrogen-bond donors (Lipinski definition) is 1. The van der Waals surface area contributed by atoms with E-state index in [0.717, 1.165) is 22.4 Å². The first kappa shape index (κ1) is 26.4. The molecule has 0 bridgehead atoms. The van der Waals surface area contributed by atoms with Crippen molar-refractivity contribution < 1.29 is 19.0 Å². The first-order valence-electron chi connectivity index (χ1n) is 11.8. The molecule has 0 aliphatic carbocycles. The number of amides is 1. The molecule has 3 aromatic carbocycles. The number of hydrogen-bond acceptors (Lipinski definition) is 8. The van der Waals surface area contributed by atoms with Gasteiger partial charge in [-0.2, -0.15) is 5.26 Å². The quantitative estimate of drug-likeness (QED) is 0.157. The van der Waals surface area contributed by atoms with Crippen LogP contribution in [0.4, 0.5) is 5.13 Å². The molecule has 0 atom stereocenters. The minimum Gasteiger partial charge on any atom is -0.493 e. The Kier molecular flexibility index (Phi) is 8.69. The fraction of sp³-hybridized carbons (Fsp3) is 0.172. The van der Waals surface area contributed by atoms with Crippen LogP contribution in [0.5, 0.6) is 17.2 Å². The molecular weight excluding hydrogens is 500 g/mol. The molecule has 0 saturated carbocycles. The molecule has 0 unspecified atom stereocenters. The molecule has 4 aromatic rings. The number of rotatable bonds is 10. The van der Waals surface area contributed by atoms with Crippen molar-refractivity contribution in [2.45, 2.75) is 13.8 Å². The van der Waals surface area contributed by atoms with Gasteiger partial charge in [0.2, 0.25) is 5.13 Å². The van der Waals surface area contributed by atoms with Crippen molar-refractivity contribution in [3.8, 4) is 33.9 Å². The summed E-state index contributed by atoms with van der Waals surface area (Å²) < 4.78 is 17.0. The molecule has 0 aliphatic heterocycles. The van der Waals surface area contributed by atoms with Crippen molar-refractivity contribution in [2.24, 2.45) is 0 Å². The summed E-state index contributed by atoms with van der Waals surface area (Å²) in [6.45, 7) is 4.65. The Morgan fingerprint density at radius 2 is 1.66 bits per heavy atom. The molecule has 0 saturated heterocycles. The van der Waals surface area contributed by atoms with Gasteiger partial charge in [0, 0.05) is 5.56 Å². The lowest BCUT2D eigenvalue weighted by molar-refractivity contribution is -0.112. The van der Waals surface area contributed by atoms with E-state index in [-0.39, 0.29) is 5.57 Å². The molecule has 1 N–H and O–H groups in total. The van der Waals surface area contributed by atoms with Crippen LogP contribution in [0, 0.1) is 25.2 Å². The number of anilines is 1. The van der Waals surface area contributed by atoms with Crippen molar-refractivity contribution in [3.05, 3.63) is 89.0 Å². The zero-order valence-electron chi connectivity index (χ0n) is 21.2. The number of methoxy groups -OCH3 is 1. The standard InChI is InChI=1S/C29H26N4O4S/c1-19-8-4-6-10-23(19)28-32-33-29(38-28)31-27(34)22(18-30)16-21-12-13-25(26(17-21)35-3)37-15-14-36-24-11-7-5-9-20(24)2/h4-13,16-17H,14-15H2,1-3H3,(H,31,33,34). The lowest BCUT2D eigenvalue weighted by Gasteiger charge is -2.13. The van der Waals surface area contributed by atoms with Crippen LogP contribution in [0.2, 0.25) is 0 Å². The molecule has 192 valence electrons. The largest absolute Gasteiger partial charge is 0.493 e. The van der Waals surface area contributed by atoms with Gasteiger partial charge in [0.15, 0.2) is 11.5 Å². The van der Waals surface area contributed by atoms with E-state index in [1.165, 1.54) is 24.5 Å². The first-order chi connectivity index (χ1) is 18.5. The number of nitriles is 1. The number of para-hydroxylation sites is 1. The van der Waals surface area contributed by atoms with Crippen LogP contribution in [-0.4, -0.2) is 36.4 Å². The van der Waals surface area contributed by atoms with Gasteiger partial charge in [-0.25, -0.2) is 0 Å². The Bertz CT molecular complexity index is 1510. The number of aromatic nitrogens is 2. The Hall–Kier alpha value is -4.68. The Balaban J connectivity index is 1.39. The summed E-state index contributed by atoms with van der Waals surface area (Å²) >= 11 is 1.24. The van der Waals surface area contributed by atoms with E-state index in [1.807, 2.05) is 68.4 Å². The highest BCUT2D eigenvalue weighted by Crippen LogP contribution is 2.30. The minimum absolute atomic E-state index is 0.0833. The van der Waals surface area contributed by atoms with E-state index >= 15 is 0 Å². The molecule has 1 amide bonds. The Morgan fingerprint density at radius 3 is 2.37 bits per heavy atom. The predicted molar refractivity (Wildman–Crippen MR) is 147 cm³/mol. The number of carbonyl (C=O) groups is 1. The molecule has 0 aliphatic rings. The maximum atomic E-state index is 12.8. The molecule has 0 fully saturated rings. The molecule has 1 aromatic heterocycles. The molecule has 8 nitrogen and oxygen atoms in total. The number of aryl methyl sites for hydroxylation is 2. The van der Waals surface area contributed by atoms with E-state index in [4.69, 9.17) is 14.2 Å². The van der Waals surface area contributed by atoms with E-state index in [1.54, 1.807) is 18.2 Å². The zero-order chi connectivity index (χ0) is 26.9. The smallest absolute Gasteiger partial charge is 0.268 e. The average molecular weight is 527 g/mol. The lowest BCUT2D eigenvalue weighted by Crippen LogP contribution is -2.13. The van der Waals surface area contributed by atoms with Crippen LogP contribution in [0.3, 0.4) is 0 Å². The maximum Gasteiger partial charge on any atom is 0.268 e. The summed E-state index contributed by atoms with van der Waals surface area (Å²) in [5.74, 6) is 1.23. The van der Waals surface area contributed by atoms with Gasteiger partial charge in [0.1, 0.15) is 35.6 Å². The Morgan fingerprint density at radius 1 is 0.947 bits per heavy atom. The van der Waals surface area contributed by atoms with Gasteiger partial charge in [0.25, 0.3) is 5.91 Å². The van der Waals surface area contributed by atoms with Gasteiger partial charge in [-0.05, 0) is 54.8 Å². The Labute approximate surface area is 225 Å². The van der Waals surface area contributed by atoms with Gasteiger partial charge in [0.05, 0.1) is 7.11 Å². The molecule has 4 rings (SSSR count). The fourth-order valence-corrected chi connectivity index (χ4v) is 4.42.